The number of para-hydroxylation sites is 1. The standard InChI is InChI=1S/C22H23N/c1-16-9-5-7-13-19(16)22-20(17-10-3-2-4-11-17)15-18-12-6-8-14-21(18)23-22/h5-9,12-15,17H,2-4,10-11H2,1H3. The van der Waals surface area contributed by atoms with Crippen LogP contribution in [0.25, 0.3) is 22.2 Å². The van der Waals surface area contributed by atoms with Gasteiger partial charge in [0.1, 0.15) is 0 Å². The van der Waals surface area contributed by atoms with Gasteiger partial charge in [-0.25, -0.2) is 4.98 Å². The quantitative estimate of drug-likeness (QED) is 0.544. The first kappa shape index (κ1) is 14.4. The highest BCUT2D eigenvalue weighted by molar-refractivity contribution is 5.84. The van der Waals surface area contributed by atoms with Crippen molar-refractivity contribution in [1.82, 2.24) is 4.98 Å². The molecule has 116 valence electrons. The van der Waals surface area contributed by atoms with E-state index in [1.165, 1.54) is 59.9 Å². The summed E-state index contributed by atoms with van der Waals surface area (Å²) in [7, 11) is 0. The van der Waals surface area contributed by atoms with E-state index in [-0.39, 0.29) is 0 Å². The normalized spacial score (nSPS) is 15.9. The second kappa shape index (κ2) is 6.16. The van der Waals surface area contributed by atoms with Crippen LogP contribution in [-0.2, 0) is 0 Å². The second-order valence-electron chi connectivity index (χ2n) is 6.77. The molecular formula is C22H23N. The maximum absolute atomic E-state index is 5.08. The topological polar surface area (TPSA) is 12.9 Å². The van der Waals surface area contributed by atoms with Crippen LogP contribution in [0.4, 0.5) is 0 Å². The molecule has 0 bridgehead atoms. The highest BCUT2D eigenvalue weighted by Crippen LogP contribution is 2.39. The number of rotatable bonds is 2. The van der Waals surface area contributed by atoms with Gasteiger partial charge in [-0.05, 0) is 48.9 Å². The second-order valence-corrected chi connectivity index (χ2v) is 6.77. The summed E-state index contributed by atoms with van der Waals surface area (Å²) in [5.41, 5.74) is 6.36. The zero-order chi connectivity index (χ0) is 15.6. The molecule has 0 N–H and O–H groups in total. The number of hydrogen-bond donors (Lipinski definition) is 0. The molecule has 0 aliphatic heterocycles. The lowest BCUT2D eigenvalue weighted by molar-refractivity contribution is 0.444. The Morgan fingerprint density at radius 2 is 1.61 bits per heavy atom. The Hall–Kier alpha value is -2.15. The maximum Gasteiger partial charge on any atom is 0.0747 e. The summed E-state index contributed by atoms with van der Waals surface area (Å²) in [6.45, 7) is 2.19. The summed E-state index contributed by atoms with van der Waals surface area (Å²) in [5.74, 6) is 0.662. The van der Waals surface area contributed by atoms with Gasteiger partial charge < -0.3 is 0 Å². The van der Waals surface area contributed by atoms with E-state index in [9.17, 15) is 0 Å². The summed E-state index contributed by atoms with van der Waals surface area (Å²) < 4.78 is 0. The molecular weight excluding hydrogens is 278 g/mol. The maximum atomic E-state index is 5.08. The fourth-order valence-corrected chi connectivity index (χ4v) is 3.91. The molecule has 4 rings (SSSR count). The molecule has 23 heavy (non-hydrogen) atoms. The predicted molar refractivity (Wildman–Crippen MR) is 97.7 cm³/mol. The monoisotopic (exact) mass is 301 g/mol. The number of nitrogens with zero attached hydrogens (tertiary/aromatic N) is 1. The first-order valence-corrected chi connectivity index (χ1v) is 8.78. The van der Waals surface area contributed by atoms with Crippen LogP contribution in [0.1, 0.15) is 49.1 Å². The lowest BCUT2D eigenvalue weighted by atomic mass is 9.81. The van der Waals surface area contributed by atoms with Gasteiger partial charge in [-0.2, -0.15) is 0 Å². The Kier molecular flexibility index (Phi) is 3.87. The van der Waals surface area contributed by atoms with E-state index in [0.29, 0.717) is 5.92 Å². The van der Waals surface area contributed by atoms with Crippen molar-refractivity contribution >= 4 is 10.9 Å². The van der Waals surface area contributed by atoms with Crippen LogP contribution in [0.3, 0.4) is 0 Å². The van der Waals surface area contributed by atoms with Gasteiger partial charge in [0.25, 0.3) is 0 Å². The minimum atomic E-state index is 0.662. The molecule has 0 atom stereocenters. The van der Waals surface area contributed by atoms with Crippen molar-refractivity contribution in [2.24, 2.45) is 0 Å². The summed E-state index contributed by atoms with van der Waals surface area (Å²) in [6, 6.07) is 19.6. The highest BCUT2D eigenvalue weighted by atomic mass is 14.7. The molecule has 1 heterocycles. The Balaban J connectivity index is 1.94. The van der Waals surface area contributed by atoms with Crippen LogP contribution in [0.5, 0.6) is 0 Å². The molecule has 1 fully saturated rings. The molecule has 1 saturated carbocycles. The third-order valence-electron chi connectivity index (χ3n) is 5.20. The van der Waals surface area contributed by atoms with E-state index < -0.39 is 0 Å². The average molecular weight is 301 g/mol. The van der Waals surface area contributed by atoms with Gasteiger partial charge in [0.15, 0.2) is 0 Å². The van der Waals surface area contributed by atoms with Crippen molar-refractivity contribution in [2.45, 2.75) is 44.9 Å². The third kappa shape index (κ3) is 2.76. The molecule has 0 saturated heterocycles. The van der Waals surface area contributed by atoms with Gasteiger partial charge in [-0.3, -0.25) is 0 Å². The van der Waals surface area contributed by atoms with Crippen LogP contribution >= 0.6 is 0 Å². The minimum absolute atomic E-state index is 0.662. The van der Waals surface area contributed by atoms with E-state index in [1.54, 1.807) is 0 Å². The van der Waals surface area contributed by atoms with Crippen LogP contribution in [0.2, 0.25) is 0 Å². The molecule has 1 aromatic heterocycles. The van der Waals surface area contributed by atoms with Crippen LogP contribution in [0, 0.1) is 6.92 Å². The Morgan fingerprint density at radius 3 is 2.43 bits per heavy atom. The fraction of sp³-hybridized carbons (Fsp3) is 0.318. The van der Waals surface area contributed by atoms with E-state index in [4.69, 9.17) is 4.98 Å². The minimum Gasteiger partial charge on any atom is -0.247 e. The molecule has 1 heteroatoms. The largest absolute Gasteiger partial charge is 0.247 e. The van der Waals surface area contributed by atoms with Crippen molar-refractivity contribution in [2.75, 3.05) is 0 Å². The zero-order valence-electron chi connectivity index (χ0n) is 13.8. The number of pyridine rings is 1. The lowest BCUT2D eigenvalue weighted by Crippen LogP contribution is -2.07. The number of hydrogen-bond acceptors (Lipinski definition) is 1. The lowest BCUT2D eigenvalue weighted by Gasteiger charge is -2.25. The molecule has 1 nitrogen and oxygen atoms in total. The zero-order valence-corrected chi connectivity index (χ0v) is 13.8. The van der Waals surface area contributed by atoms with E-state index in [0.717, 1.165) is 5.52 Å². The van der Waals surface area contributed by atoms with E-state index in [1.807, 2.05) is 0 Å². The number of aromatic nitrogens is 1. The van der Waals surface area contributed by atoms with Gasteiger partial charge in [0.2, 0.25) is 0 Å². The predicted octanol–water partition coefficient (Wildman–Crippen LogP) is 6.26. The summed E-state index contributed by atoms with van der Waals surface area (Å²) >= 11 is 0. The Labute approximate surface area is 138 Å². The van der Waals surface area contributed by atoms with E-state index in [2.05, 4.69) is 61.5 Å². The molecule has 0 unspecified atom stereocenters. The van der Waals surface area contributed by atoms with Crippen molar-refractivity contribution in [3.63, 3.8) is 0 Å². The summed E-state index contributed by atoms with van der Waals surface area (Å²) in [6.07, 6.45) is 6.70. The molecule has 1 aliphatic carbocycles. The van der Waals surface area contributed by atoms with Crippen molar-refractivity contribution in [3.8, 4) is 11.3 Å². The van der Waals surface area contributed by atoms with Crippen LogP contribution in [-0.4, -0.2) is 4.98 Å². The number of aryl methyl sites for hydroxylation is 1. The van der Waals surface area contributed by atoms with Gasteiger partial charge in [-0.1, -0.05) is 61.7 Å². The Morgan fingerprint density at radius 1 is 0.870 bits per heavy atom. The highest BCUT2D eigenvalue weighted by Gasteiger charge is 2.21. The van der Waals surface area contributed by atoms with Gasteiger partial charge in [0, 0.05) is 10.9 Å². The molecule has 0 radical (unpaired) electrons. The van der Waals surface area contributed by atoms with Crippen molar-refractivity contribution in [1.29, 1.82) is 0 Å². The van der Waals surface area contributed by atoms with Crippen molar-refractivity contribution in [3.05, 3.63) is 65.7 Å². The molecule has 1 aliphatic rings. The first-order valence-electron chi connectivity index (χ1n) is 8.78. The first-order chi connectivity index (χ1) is 11.3. The summed E-state index contributed by atoms with van der Waals surface area (Å²) in [4.78, 5) is 5.08. The molecule has 0 spiro atoms. The molecule has 3 aromatic rings. The van der Waals surface area contributed by atoms with Gasteiger partial charge >= 0.3 is 0 Å². The van der Waals surface area contributed by atoms with Crippen LogP contribution in [0.15, 0.2) is 54.6 Å². The van der Waals surface area contributed by atoms with Gasteiger partial charge in [-0.15, -0.1) is 0 Å². The van der Waals surface area contributed by atoms with E-state index >= 15 is 0 Å². The Bertz CT molecular complexity index is 828. The third-order valence-corrected chi connectivity index (χ3v) is 5.20. The summed E-state index contributed by atoms with van der Waals surface area (Å²) in [5, 5.41) is 1.27. The number of benzene rings is 2. The van der Waals surface area contributed by atoms with Crippen molar-refractivity contribution < 1.29 is 0 Å². The average Bonchev–Trinajstić information content (AvgIpc) is 2.62. The SMILES string of the molecule is Cc1ccccc1-c1nc2ccccc2cc1C1CCCCC1. The van der Waals surface area contributed by atoms with Crippen LogP contribution < -0.4 is 0 Å². The van der Waals surface area contributed by atoms with Gasteiger partial charge in [0.05, 0.1) is 11.2 Å². The molecule has 2 aromatic carbocycles. The smallest absolute Gasteiger partial charge is 0.0747 e. The fourth-order valence-electron chi connectivity index (χ4n) is 3.91. The molecule has 0 amide bonds. The number of fused-ring (bicyclic) bond motifs is 1.